The van der Waals surface area contributed by atoms with E-state index in [9.17, 15) is 19.5 Å². The lowest BCUT2D eigenvalue weighted by Crippen LogP contribution is -2.57. The van der Waals surface area contributed by atoms with Gasteiger partial charge in [-0.05, 0) is 35.2 Å². The molecule has 0 saturated carbocycles. The van der Waals surface area contributed by atoms with Gasteiger partial charge in [0.05, 0.1) is 26.4 Å². The maximum Gasteiger partial charge on any atom is 0.509 e. The molecule has 3 heterocycles. The van der Waals surface area contributed by atoms with Crippen LogP contribution in [0.25, 0.3) is 21.9 Å². The first-order valence-corrected chi connectivity index (χ1v) is 14.9. The van der Waals surface area contributed by atoms with Crippen molar-refractivity contribution in [2.24, 2.45) is 0 Å². The molecule has 1 N–H and O–H groups in total. The molecule has 1 fully saturated rings. The van der Waals surface area contributed by atoms with Crippen LogP contribution in [0.2, 0.25) is 0 Å². The fourth-order valence-corrected chi connectivity index (χ4v) is 5.65. The molecule has 49 heavy (non-hydrogen) atoms. The monoisotopic (exact) mass is 680 g/mol. The van der Waals surface area contributed by atoms with Gasteiger partial charge in [0, 0.05) is 16.5 Å². The Morgan fingerprint density at radius 3 is 2.27 bits per heavy atom. The summed E-state index contributed by atoms with van der Waals surface area (Å²) in [5.74, 6) is 1.21. The van der Waals surface area contributed by atoms with E-state index in [4.69, 9.17) is 52.1 Å². The van der Waals surface area contributed by atoms with Crippen LogP contribution in [0.5, 0.6) is 28.7 Å². The van der Waals surface area contributed by atoms with E-state index < -0.39 is 49.5 Å². The van der Waals surface area contributed by atoms with E-state index >= 15 is 0 Å². The molecule has 1 saturated heterocycles. The van der Waals surface area contributed by atoms with Crippen molar-refractivity contribution in [1.29, 1.82) is 0 Å². The second kappa shape index (κ2) is 14.2. The number of esters is 1. The summed E-state index contributed by atoms with van der Waals surface area (Å²) < 4.78 is 60.6. The number of carbonyl (C=O) groups is 3. The van der Waals surface area contributed by atoms with E-state index in [0.717, 1.165) is 0 Å². The number of rotatable bonds is 11. The number of hydrogen-bond acceptors (Lipinski definition) is 15. The third-order valence-corrected chi connectivity index (χ3v) is 7.84. The summed E-state index contributed by atoms with van der Waals surface area (Å²) in [5.41, 5.74) is 1.65. The summed E-state index contributed by atoms with van der Waals surface area (Å²) in [6.45, 7) is 6.10. The Balaban J connectivity index is 1.46. The number of aliphatic hydroxyl groups excluding tert-OH is 1. The zero-order valence-corrected chi connectivity index (χ0v) is 26.5. The highest BCUT2D eigenvalue weighted by atomic mass is 16.8. The zero-order chi connectivity index (χ0) is 34.7. The predicted molar refractivity (Wildman–Crippen MR) is 167 cm³/mol. The maximum atomic E-state index is 13.4. The standard InChI is InChI=1S/C34H32O15/c1-5-9-41-33(37)47-25-15-44-32(30(28(25)35)49-34(38)42-10-6-2)48-29-19-13-23(40-4)22(39-3)12-18(19)26(27-20(29)14-43-31(27)36)17-7-8-21-24(11-17)46-16-45-21/h5-8,11-13,25,28,30,32,35H,1-2,9-10,14-16H2,3-4H3/t25-,28+,30-,32?/m1/s1. The summed E-state index contributed by atoms with van der Waals surface area (Å²) in [4.78, 5) is 38.2. The molecule has 0 bridgehead atoms. The van der Waals surface area contributed by atoms with Gasteiger partial charge in [0.15, 0.2) is 35.2 Å². The lowest BCUT2D eigenvalue weighted by Gasteiger charge is -2.38. The highest BCUT2D eigenvalue weighted by molar-refractivity contribution is 6.14. The third-order valence-electron chi connectivity index (χ3n) is 7.84. The molecule has 3 aromatic rings. The highest BCUT2D eigenvalue weighted by Gasteiger charge is 2.47. The van der Waals surface area contributed by atoms with Crippen LogP contribution in [0.15, 0.2) is 55.6 Å². The third kappa shape index (κ3) is 6.45. The molecule has 4 atom stereocenters. The second-order valence-electron chi connectivity index (χ2n) is 10.7. The van der Waals surface area contributed by atoms with Gasteiger partial charge in [-0.2, -0.15) is 0 Å². The van der Waals surface area contributed by atoms with Gasteiger partial charge >= 0.3 is 18.3 Å². The van der Waals surface area contributed by atoms with Crippen molar-refractivity contribution in [2.75, 3.05) is 40.8 Å². The van der Waals surface area contributed by atoms with Gasteiger partial charge in [0.25, 0.3) is 0 Å². The van der Waals surface area contributed by atoms with Crippen LogP contribution in [-0.4, -0.2) is 88.8 Å². The number of fused-ring (bicyclic) bond motifs is 3. The van der Waals surface area contributed by atoms with Gasteiger partial charge in [-0.1, -0.05) is 31.4 Å². The maximum absolute atomic E-state index is 13.4. The molecule has 0 aromatic heterocycles. The minimum absolute atomic E-state index is 0.0526. The van der Waals surface area contributed by atoms with Crippen molar-refractivity contribution in [1.82, 2.24) is 0 Å². The highest BCUT2D eigenvalue weighted by Crippen LogP contribution is 2.49. The van der Waals surface area contributed by atoms with Crippen LogP contribution in [0.1, 0.15) is 15.9 Å². The van der Waals surface area contributed by atoms with E-state index in [1.165, 1.54) is 26.4 Å². The topological polar surface area (TPSA) is 173 Å². The number of carbonyl (C=O) groups excluding carboxylic acids is 3. The Morgan fingerprint density at radius 2 is 1.57 bits per heavy atom. The Bertz CT molecular complexity index is 1800. The summed E-state index contributed by atoms with van der Waals surface area (Å²) in [6, 6.07) is 8.60. The molecule has 3 aromatic carbocycles. The molecule has 1 unspecified atom stereocenters. The van der Waals surface area contributed by atoms with Crippen molar-refractivity contribution in [3.05, 3.63) is 66.8 Å². The van der Waals surface area contributed by atoms with Crippen LogP contribution >= 0.6 is 0 Å². The Kier molecular flexibility index (Phi) is 9.64. The number of ether oxygens (including phenoxy) is 11. The lowest BCUT2D eigenvalue weighted by molar-refractivity contribution is -0.246. The largest absolute Gasteiger partial charge is 0.509 e. The quantitative estimate of drug-likeness (QED) is 0.171. The molecular weight excluding hydrogens is 648 g/mol. The average molecular weight is 681 g/mol. The van der Waals surface area contributed by atoms with Crippen molar-refractivity contribution in [3.63, 3.8) is 0 Å². The Labute approximate surface area is 279 Å². The first-order chi connectivity index (χ1) is 23.8. The smallest absolute Gasteiger partial charge is 0.493 e. The minimum Gasteiger partial charge on any atom is -0.493 e. The summed E-state index contributed by atoms with van der Waals surface area (Å²) in [6.07, 6.45) is -5.77. The van der Waals surface area contributed by atoms with E-state index in [2.05, 4.69) is 13.2 Å². The zero-order valence-electron chi connectivity index (χ0n) is 26.5. The van der Waals surface area contributed by atoms with Gasteiger partial charge in [0.2, 0.25) is 13.1 Å². The van der Waals surface area contributed by atoms with Gasteiger partial charge < -0.3 is 57.2 Å². The molecule has 3 aliphatic rings. The molecule has 258 valence electrons. The van der Waals surface area contributed by atoms with Gasteiger partial charge in [-0.3, -0.25) is 0 Å². The number of benzene rings is 3. The van der Waals surface area contributed by atoms with E-state index in [1.54, 1.807) is 30.3 Å². The van der Waals surface area contributed by atoms with Crippen molar-refractivity contribution in [3.8, 4) is 39.9 Å². The number of aliphatic hydroxyl groups is 1. The molecule has 0 spiro atoms. The number of cyclic esters (lactones) is 1. The van der Waals surface area contributed by atoms with Crippen molar-refractivity contribution < 1.29 is 71.6 Å². The Morgan fingerprint density at radius 1 is 0.898 bits per heavy atom. The first kappa shape index (κ1) is 33.2. The SMILES string of the molecule is C=CCOC(=O)O[C@@H]1COC(Oc2c3c(c(-c4ccc5c(c4)OCO5)c4cc(OC)c(OC)cc24)C(=O)OC3)[C@H](OC(=O)OCC=C)[C@H]1O. The van der Waals surface area contributed by atoms with E-state index in [1.807, 2.05) is 0 Å². The molecule has 0 amide bonds. The van der Waals surface area contributed by atoms with Gasteiger partial charge in [-0.15, -0.1) is 0 Å². The Hall–Kier alpha value is -5.67. The van der Waals surface area contributed by atoms with Crippen LogP contribution in [0.3, 0.4) is 0 Å². The first-order valence-electron chi connectivity index (χ1n) is 14.9. The molecule has 0 radical (unpaired) electrons. The number of hydrogen-bond donors (Lipinski definition) is 1. The molecule has 0 aliphatic carbocycles. The van der Waals surface area contributed by atoms with Crippen LogP contribution in [-0.2, 0) is 35.0 Å². The summed E-state index contributed by atoms with van der Waals surface area (Å²) in [5, 5.41) is 12.2. The molecule has 3 aliphatic heterocycles. The second-order valence-corrected chi connectivity index (χ2v) is 10.7. The number of methoxy groups -OCH3 is 2. The molecular formula is C34H32O15. The van der Waals surface area contributed by atoms with Gasteiger partial charge in [-0.25, -0.2) is 14.4 Å². The summed E-state index contributed by atoms with van der Waals surface area (Å²) >= 11 is 0. The fourth-order valence-electron chi connectivity index (χ4n) is 5.65. The normalized spacial score (nSPS) is 20.4. The van der Waals surface area contributed by atoms with Crippen LogP contribution < -0.4 is 23.7 Å². The molecule has 15 nitrogen and oxygen atoms in total. The van der Waals surface area contributed by atoms with E-state index in [0.29, 0.717) is 50.5 Å². The molecule has 6 rings (SSSR count). The lowest BCUT2D eigenvalue weighted by atomic mass is 9.89. The van der Waals surface area contributed by atoms with Crippen molar-refractivity contribution in [2.45, 2.75) is 31.2 Å². The van der Waals surface area contributed by atoms with Crippen molar-refractivity contribution >= 4 is 29.1 Å². The minimum atomic E-state index is -1.67. The fraction of sp³-hybridized carbons (Fsp3) is 0.324. The summed E-state index contributed by atoms with van der Waals surface area (Å²) in [7, 11) is 2.93. The van der Waals surface area contributed by atoms with Gasteiger partial charge in [0.1, 0.15) is 31.7 Å². The van der Waals surface area contributed by atoms with Crippen LogP contribution in [0, 0.1) is 0 Å². The average Bonchev–Trinajstić information content (AvgIpc) is 3.74. The predicted octanol–water partition coefficient (Wildman–Crippen LogP) is 4.43. The molecule has 15 heteroatoms. The van der Waals surface area contributed by atoms with E-state index in [-0.39, 0.29) is 37.9 Å². The van der Waals surface area contributed by atoms with Crippen LogP contribution in [0.4, 0.5) is 9.59 Å².